The molecule has 0 bridgehead atoms. The molecule has 0 spiro atoms. The molecule has 0 atom stereocenters. The average molecular weight is 1270 g/mol. The molecule has 0 saturated heterocycles. The smallest absolute Gasteiger partial charge is 0.744 e. The van der Waals surface area contributed by atoms with Gasteiger partial charge in [-0.15, -0.1) is 9.45 Å². The molecule has 7 aromatic rings. The molecule has 0 aliphatic carbocycles. The second-order valence-electron chi connectivity index (χ2n) is 15.0. The quantitative estimate of drug-likeness (QED) is 0.00491. The van der Waals surface area contributed by atoms with Crippen LogP contribution in [0.25, 0.3) is 10.8 Å². The third-order valence-corrected chi connectivity index (χ3v) is 15.6. The monoisotopic (exact) mass is 1270 g/mol. The number of phenols is 1. The molecule has 6 aromatic carbocycles. The normalized spacial score (nSPS) is 11.6. The molecule has 406 valence electrons. The van der Waals surface area contributed by atoms with Crippen molar-refractivity contribution in [3.8, 4) is 5.75 Å². The second kappa shape index (κ2) is 33.0. The number of fused-ring (bicyclic) bond motifs is 1. The third-order valence-electron chi connectivity index (χ3n) is 9.91. The summed E-state index contributed by atoms with van der Waals surface area (Å²) in [5.41, 5.74) is 0.879. The third kappa shape index (κ3) is 21.8. The minimum Gasteiger partial charge on any atom is -0.744 e. The number of anilines is 7. The number of azo groups is 1. The van der Waals surface area contributed by atoms with Crippen LogP contribution in [0, 0.1) is 0 Å². The number of carbonyl (C=O) groups excluding carboxylic acids is 1. The number of nitrogens with zero attached hydrogens (tertiary/aromatic N) is 5. The molecule has 81 heavy (non-hydrogen) atoms. The molecule has 0 aliphatic rings. The van der Waals surface area contributed by atoms with Crippen molar-refractivity contribution < 1.29 is 209 Å². The number of aromatic nitrogens is 3. The van der Waals surface area contributed by atoms with E-state index in [2.05, 4.69) is 69.4 Å². The number of carbonyl (C=O) groups is 1. The summed E-state index contributed by atoms with van der Waals surface area (Å²) in [5, 5.41) is 59.1. The summed E-state index contributed by atoms with van der Waals surface area (Å²) in [6.07, 6.45) is 0. The molecule has 5 N–H and O–H groups in total. The molecule has 0 unspecified atom stereocenters. The number of benzene rings is 6. The Bertz CT molecular complexity index is 3800. The fourth-order valence-electron chi connectivity index (χ4n) is 6.49. The summed E-state index contributed by atoms with van der Waals surface area (Å²) < 4.78 is 136. The van der Waals surface area contributed by atoms with Crippen LogP contribution < -0.4 is 150 Å². The van der Waals surface area contributed by atoms with E-state index in [1.54, 1.807) is 0 Å². The van der Waals surface area contributed by atoms with Gasteiger partial charge in [-0.3, -0.25) is 23.2 Å². The predicted molar refractivity (Wildman–Crippen MR) is 265 cm³/mol. The average Bonchev–Trinajstić information content (AvgIpc) is 3.37. The van der Waals surface area contributed by atoms with Crippen LogP contribution >= 0.6 is 24.4 Å². The maximum absolute atomic E-state index is 13.1. The Labute approximate surface area is 558 Å². The zero-order chi connectivity index (χ0) is 55.4. The molecule has 29 nitrogen and oxygen atoms in total. The van der Waals surface area contributed by atoms with Crippen LogP contribution in [0.2, 0.25) is 0 Å². The van der Waals surface area contributed by atoms with E-state index in [4.69, 9.17) is 4.18 Å². The van der Waals surface area contributed by atoms with Gasteiger partial charge < -0.3 is 46.0 Å². The first-order chi connectivity index (χ1) is 36.6. The maximum atomic E-state index is 13.1. The van der Waals surface area contributed by atoms with Crippen LogP contribution in [0.3, 0.4) is 0 Å². The van der Waals surface area contributed by atoms with Crippen molar-refractivity contribution in [3.05, 3.63) is 127 Å². The first-order valence-electron chi connectivity index (χ1n) is 21.0. The summed E-state index contributed by atoms with van der Waals surface area (Å²) in [6, 6.07) is 26.9. The Balaban J connectivity index is 0.00000431. The van der Waals surface area contributed by atoms with E-state index in [9.17, 15) is 63.2 Å². The zero-order valence-corrected chi connectivity index (χ0v) is 55.2. The van der Waals surface area contributed by atoms with Gasteiger partial charge in [-0.25, -0.2) is 33.7 Å². The van der Waals surface area contributed by atoms with Crippen molar-refractivity contribution in [1.29, 1.82) is 0 Å². The van der Waals surface area contributed by atoms with Gasteiger partial charge in [0.2, 0.25) is 28.2 Å². The van der Waals surface area contributed by atoms with E-state index in [-0.39, 0.29) is 203 Å². The van der Waals surface area contributed by atoms with Crippen LogP contribution in [0.4, 0.5) is 52.0 Å². The van der Waals surface area contributed by atoms with E-state index < -0.39 is 74.9 Å². The fraction of sp³-hybridized carbons (Fsp3) is 0.0952. The van der Waals surface area contributed by atoms with Crippen molar-refractivity contribution >= 4 is 133 Å². The van der Waals surface area contributed by atoms with Gasteiger partial charge in [0.25, 0.3) is 5.91 Å². The SMILES string of the molecule is O=C(Nc1cccc(S(=O)(=O)CCOS(=O)(=O)[O-])c1)c1ccc(N=Nc2c(SOO[O-])cc3cc(Nc4nc(Nc5ccc(S(=O)(=O)CCOSOO[O-])cc5)nc(Nc5cccc(S(=O)(=O)[O-])c5)n4)ccc3c2O)cc1.[Na+].[Na+].[Na+].[Na+]. The standard InChI is InChI=1S/C42H37N9O20S6.4Na/c52-38-35-16-13-31(46-42-48-40(47-41(49-42)45-30-4-2-6-34(24-30)76(60,61)62)44-27-11-14-32(15-12-27)74(56,57)19-17-66-73-71-69-55)21-26(35)22-36(72-70-68-54)37(38)51-50-28-9-7-25(8-10-28)39(53)43-29-3-1-5-33(23-29)75(58,59)20-18-67-77(63,64)65;;;;/h1-16,21-24,52,54-55H,17-20H2,(H,43,53)(H,60,61,62)(H,63,64,65)(H3,44,45,46,47,48,49);;;;/q;4*+1/p-4. The Kier molecular flexibility index (Phi) is 29.4. The van der Waals surface area contributed by atoms with E-state index in [1.807, 2.05) is 0 Å². The number of phenolic OH excluding ortho intramolecular Hbond substituents is 1. The predicted octanol–water partition coefficient (Wildman–Crippen LogP) is -7.39. The van der Waals surface area contributed by atoms with Gasteiger partial charge in [0.05, 0.1) is 62.0 Å². The van der Waals surface area contributed by atoms with Gasteiger partial charge >= 0.3 is 118 Å². The van der Waals surface area contributed by atoms with Crippen LogP contribution in [-0.2, 0) is 67.3 Å². The first kappa shape index (κ1) is 72.2. The van der Waals surface area contributed by atoms with Crippen molar-refractivity contribution in [3.63, 3.8) is 0 Å². The molecule has 0 saturated carbocycles. The van der Waals surface area contributed by atoms with Crippen LogP contribution in [0.5, 0.6) is 5.75 Å². The summed E-state index contributed by atoms with van der Waals surface area (Å²) in [6.45, 7) is -1.25. The van der Waals surface area contributed by atoms with Crippen molar-refractivity contribution in [2.24, 2.45) is 10.2 Å². The van der Waals surface area contributed by atoms with E-state index in [1.165, 1.54) is 103 Å². The Morgan fingerprint density at radius 2 is 1.14 bits per heavy atom. The molecule has 1 heterocycles. The first-order valence-corrected chi connectivity index (χ1v) is 28.4. The fourth-order valence-corrected chi connectivity index (χ4v) is 10.4. The second-order valence-corrected chi connectivity index (χ2v) is 22.9. The minimum atomic E-state index is -5.11. The summed E-state index contributed by atoms with van der Waals surface area (Å²) in [4.78, 5) is 25.3. The van der Waals surface area contributed by atoms with Crippen LogP contribution in [0.1, 0.15) is 10.4 Å². The largest absolute Gasteiger partial charge is 1.00 e. The molecule has 7 rings (SSSR count). The van der Waals surface area contributed by atoms with Gasteiger partial charge in [0.1, 0.15) is 15.8 Å². The molecule has 1 amide bonds. The van der Waals surface area contributed by atoms with Gasteiger partial charge in [0, 0.05) is 33.7 Å². The van der Waals surface area contributed by atoms with Crippen molar-refractivity contribution in [2.75, 3.05) is 46.0 Å². The summed E-state index contributed by atoms with van der Waals surface area (Å²) in [7, 11) is -17.9. The van der Waals surface area contributed by atoms with Gasteiger partial charge in [-0.2, -0.15) is 24.4 Å². The summed E-state index contributed by atoms with van der Waals surface area (Å²) >= 11 is 0.545. The maximum Gasteiger partial charge on any atom is 1.00 e. The van der Waals surface area contributed by atoms with E-state index in [0.717, 1.165) is 18.2 Å². The minimum absolute atomic E-state index is 0. The zero-order valence-electron chi connectivity index (χ0n) is 42.3. The van der Waals surface area contributed by atoms with Gasteiger partial charge in [-0.05, 0) is 115 Å². The Morgan fingerprint density at radius 3 is 1.74 bits per heavy atom. The molecule has 0 aliphatic heterocycles. The Morgan fingerprint density at radius 1 is 0.593 bits per heavy atom. The number of nitrogens with one attached hydrogen (secondary N) is 4. The topological polar surface area (TPSA) is 433 Å². The van der Waals surface area contributed by atoms with Crippen molar-refractivity contribution in [2.45, 2.75) is 19.6 Å². The molecule has 0 fully saturated rings. The molecular weight excluding hydrogens is 1230 g/mol. The van der Waals surface area contributed by atoms with Crippen LogP contribution in [-0.4, -0.2) is 93.5 Å². The molecular formula is C42H33N9Na4O20S6. The number of rotatable bonds is 26. The number of amides is 1. The number of aromatic hydroxyl groups is 1. The molecule has 39 heteroatoms. The Hall–Kier alpha value is -3.04. The number of hydrogen-bond acceptors (Lipinski definition) is 30. The number of sulfone groups is 2. The molecule has 0 radical (unpaired) electrons. The van der Waals surface area contributed by atoms with Crippen LogP contribution in [0.15, 0.2) is 151 Å². The van der Waals surface area contributed by atoms with Gasteiger partial charge in [0.15, 0.2) is 37.7 Å². The van der Waals surface area contributed by atoms with Gasteiger partial charge in [-0.1, -0.05) is 12.1 Å². The number of hydrogen-bond donors (Lipinski definition) is 5. The van der Waals surface area contributed by atoms with Crippen molar-refractivity contribution in [1.82, 2.24) is 15.0 Å². The molecule has 1 aromatic heterocycles. The summed E-state index contributed by atoms with van der Waals surface area (Å²) in [5.74, 6) is -2.81. The van der Waals surface area contributed by atoms with E-state index >= 15 is 0 Å². The van der Waals surface area contributed by atoms with E-state index in [0.29, 0.717) is 28.8 Å².